The number of carbonyl (C=O) groups excluding carboxylic acids is 1. The molecule has 6 N–H and O–H groups in total. The van der Waals surface area contributed by atoms with Crippen molar-refractivity contribution in [1.29, 1.82) is 0 Å². The number of rotatable bonds is 5. The quantitative estimate of drug-likeness (QED) is 0.407. The van der Waals surface area contributed by atoms with Crippen LogP contribution in [0.15, 0.2) is 0 Å². The number of hydrogen-bond donors (Lipinski definition) is 4. The lowest BCUT2D eigenvalue weighted by atomic mass is 10.1. The van der Waals surface area contributed by atoms with Gasteiger partial charge in [0.2, 0.25) is 0 Å². The molecule has 0 aromatic carbocycles. The highest BCUT2D eigenvalue weighted by molar-refractivity contribution is 5.73. The summed E-state index contributed by atoms with van der Waals surface area (Å²) in [5.41, 5.74) is 9.70. The Morgan fingerprint density at radius 1 is 1.46 bits per heavy atom. The van der Waals surface area contributed by atoms with Crippen molar-refractivity contribution < 1.29 is 24.5 Å². The average molecular weight is 192 g/mol. The standard InChI is InChI=1S/C6H12N2O5/c7-4(5(10)11)1-3(9)2-13-6(8)12/h3-4,9H,1-2,7H2,(H2,8,12)(H,10,11)/t3-,4+/m1/s1. The van der Waals surface area contributed by atoms with E-state index in [0.717, 1.165) is 0 Å². The molecule has 0 aliphatic rings. The number of amides is 1. The van der Waals surface area contributed by atoms with Crippen LogP contribution in [0, 0.1) is 0 Å². The second-order valence-electron chi connectivity index (χ2n) is 2.46. The number of aliphatic carboxylic acids is 1. The molecule has 0 aromatic rings. The normalized spacial score (nSPS) is 14.6. The Bertz CT molecular complexity index is 195. The third-order valence-electron chi connectivity index (χ3n) is 1.26. The van der Waals surface area contributed by atoms with E-state index >= 15 is 0 Å². The van der Waals surface area contributed by atoms with Crippen molar-refractivity contribution in [3.05, 3.63) is 0 Å². The molecule has 0 aliphatic carbocycles. The van der Waals surface area contributed by atoms with Gasteiger partial charge in [-0.25, -0.2) is 4.79 Å². The highest BCUT2D eigenvalue weighted by atomic mass is 16.6. The Morgan fingerprint density at radius 2 is 2.00 bits per heavy atom. The van der Waals surface area contributed by atoms with Crippen molar-refractivity contribution in [2.45, 2.75) is 18.6 Å². The van der Waals surface area contributed by atoms with Gasteiger partial charge in [-0.1, -0.05) is 0 Å². The smallest absolute Gasteiger partial charge is 0.404 e. The molecular formula is C6H12N2O5. The molecule has 1 amide bonds. The topological polar surface area (TPSA) is 136 Å². The lowest BCUT2D eigenvalue weighted by Gasteiger charge is -2.12. The molecule has 0 radical (unpaired) electrons. The molecule has 0 aliphatic heterocycles. The zero-order valence-electron chi connectivity index (χ0n) is 6.84. The number of primary amides is 1. The lowest BCUT2D eigenvalue weighted by molar-refractivity contribution is -0.139. The number of aliphatic hydroxyl groups excluding tert-OH is 1. The summed E-state index contributed by atoms with van der Waals surface area (Å²) in [6, 6.07) is -1.17. The summed E-state index contributed by atoms with van der Waals surface area (Å²) in [5, 5.41) is 17.4. The molecule has 0 fully saturated rings. The van der Waals surface area contributed by atoms with Gasteiger partial charge in [0.05, 0.1) is 6.10 Å². The van der Waals surface area contributed by atoms with Gasteiger partial charge in [0, 0.05) is 6.42 Å². The highest BCUT2D eigenvalue weighted by Crippen LogP contribution is 1.97. The molecule has 0 heterocycles. The summed E-state index contributed by atoms with van der Waals surface area (Å²) in [6.45, 7) is -0.351. The van der Waals surface area contributed by atoms with Crippen LogP contribution in [-0.2, 0) is 9.53 Å². The molecule has 0 rings (SSSR count). The largest absolute Gasteiger partial charge is 0.480 e. The second-order valence-corrected chi connectivity index (χ2v) is 2.46. The van der Waals surface area contributed by atoms with Crippen molar-refractivity contribution >= 4 is 12.1 Å². The molecule has 0 saturated heterocycles. The van der Waals surface area contributed by atoms with Crippen molar-refractivity contribution in [2.75, 3.05) is 6.61 Å². The molecule has 0 unspecified atom stereocenters. The van der Waals surface area contributed by atoms with Gasteiger partial charge < -0.3 is 26.4 Å². The number of nitrogens with two attached hydrogens (primary N) is 2. The summed E-state index contributed by atoms with van der Waals surface area (Å²) < 4.78 is 4.22. The number of hydrogen-bond acceptors (Lipinski definition) is 5. The molecule has 0 aromatic heterocycles. The number of aliphatic hydroxyl groups is 1. The maximum atomic E-state index is 10.2. The zero-order chi connectivity index (χ0) is 10.4. The predicted molar refractivity (Wildman–Crippen MR) is 41.8 cm³/mol. The predicted octanol–water partition coefficient (Wildman–Crippen LogP) is -1.76. The third kappa shape index (κ3) is 5.88. The fourth-order valence-electron chi connectivity index (χ4n) is 0.640. The van der Waals surface area contributed by atoms with E-state index in [1.165, 1.54) is 0 Å². The van der Waals surface area contributed by atoms with E-state index in [1.54, 1.807) is 0 Å². The maximum Gasteiger partial charge on any atom is 0.404 e. The molecule has 13 heavy (non-hydrogen) atoms. The summed E-state index contributed by atoms with van der Waals surface area (Å²) in [6.07, 6.45) is -2.33. The van der Waals surface area contributed by atoms with Gasteiger partial charge in [-0.15, -0.1) is 0 Å². The van der Waals surface area contributed by atoms with Crippen molar-refractivity contribution in [3.8, 4) is 0 Å². The van der Waals surface area contributed by atoms with E-state index < -0.39 is 24.2 Å². The summed E-state index contributed by atoms with van der Waals surface area (Å²) in [5.74, 6) is -1.22. The summed E-state index contributed by atoms with van der Waals surface area (Å²) in [7, 11) is 0. The summed E-state index contributed by atoms with van der Waals surface area (Å²) in [4.78, 5) is 20.3. The third-order valence-corrected chi connectivity index (χ3v) is 1.26. The van der Waals surface area contributed by atoms with Gasteiger partial charge in [-0.3, -0.25) is 4.79 Å². The molecular weight excluding hydrogens is 180 g/mol. The van der Waals surface area contributed by atoms with Crippen molar-refractivity contribution in [2.24, 2.45) is 11.5 Å². The first-order valence-electron chi connectivity index (χ1n) is 3.52. The maximum absolute atomic E-state index is 10.2. The minimum atomic E-state index is -1.22. The fraction of sp³-hybridized carbons (Fsp3) is 0.667. The Hall–Kier alpha value is -1.34. The molecule has 0 saturated carbocycles. The van der Waals surface area contributed by atoms with Gasteiger partial charge in [0.1, 0.15) is 12.6 Å². The van der Waals surface area contributed by atoms with Crippen LogP contribution in [0.4, 0.5) is 4.79 Å². The molecule has 7 heteroatoms. The Morgan fingerprint density at radius 3 is 2.38 bits per heavy atom. The van der Waals surface area contributed by atoms with E-state index in [4.69, 9.17) is 15.9 Å². The minimum Gasteiger partial charge on any atom is -0.480 e. The SMILES string of the molecule is NC(=O)OC[C@H](O)C[C@H](N)C(=O)O. The first-order chi connectivity index (χ1) is 5.93. The number of carbonyl (C=O) groups is 2. The number of ether oxygens (including phenoxy) is 1. The van der Waals surface area contributed by atoms with Gasteiger partial charge in [0.15, 0.2) is 0 Å². The van der Waals surface area contributed by atoms with Crippen molar-refractivity contribution in [3.63, 3.8) is 0 Å². The molecule has 2 atom stereocenters. The summed E-state index contributed by atoms with van der Waals surface area (Å²) >= 11 is 0. The average Bonchev–Trinajstić information content (AvgIpc) is 2.00. The first-order valence-corrected chi connectivity index (χ1v) is 3.52. The minimum absolute atomic E-state index is 0.192. The molecule has 0 spiro atoms. The van der Waals surface area contributed by atoms with Gasteiger partial charge in [0.25, 0.3) is 0 Å². The first kappa shape index (κ1) is 11.7. The van der Waals surface area contributed by atoms with E-state index in [-0.39, 0.29) is 13.0 Å². The second kappa shape index (κ2) is 5.33. The van der Waals surface area contributed by atoms with Crippen LogP contribution in [0.1, 0.15) is 6.42 Å². The van der Waals surface area contributed by atoms with Crippen LogP contribution in [0.2, 0.25) is 0 Å². The van der Waals surface area contributed by atoms with Crippen molar-refractivity contribution in [1.82, 2.24) is 0 Å². The van der Waals surface area contributed by atoms with Crippen LogP contribution in [0.3, 0.4) is 0 Å². The lowest BCUT2D eigenvalue weighted by Crippen LogP contribution is -2.36. The van der Waals surface area contributed by atoms with E-state index in [0.29, 0.717) is 0 Å². The number of carboxylic acid groups (broad SMARTS) is 1. The Kier molecular flexibility index (Phi) is 4.78. The van der Waals surface area contributed by atoms with Crippen LogP contribution >= 0.6 is 0 Å². The van der Waals surface area contributed by atoms with E-state index in [9.17, 15) is 9.59 Å². The molecule has 76 valence electrons. The number of carboxylic acids is 1. The van der Waals surface area contributed by atoms with Gasteiger partial charge >= 0.3 is 12.1 Å². The van der Waals surface area contributed by atoms with Gasteiger partial charge in [-0.2, -0.15) is 0 Å². The van der Waals surface area contributed by atoms with Crippen LogP contribution in [0.25, 0.3) is 0 Å². The van der Waals surface area contributed by atoms with Crippen LogP contribution in [-0.4, -0.2) is 41.0 Å². The zero-order valence-corrected chi connectivity index (χ0v) is 6.84. The van der Waals surface area contributed by atoms with Crippen LogP contribution in [0.5, 0.6) is 0 Å². The molecule has 0 bridgehead atoms. The van der Waals surface area contributed by atoms with E-state index in [2.05, 4.69) is 10.5 Å². The van der Waals surface area contributed by atoms with E-state index in [1.807, 2.05) is 0 Å². The van der Waals surface area contributed by atoms with Crippen LogP contribution < -0.4 is 11.5 Å². The fourth-order valence-corrected chi connectivity index (χ4v) is 0.640. The Labute approximate surface area is 74.3 Å². The Balaban J connectivity index is 3.67. The van der Waals surface area contributed by atoms with Gasteiger partial charge in [-0.05, 0) is 0 Å². The monoisotopic (exact) mass is 192 g/mol. The highest BCUT2D eigenvalue weighted by Gasteiger charge is 2.17. The molecule has 7 nitrogen and oxygen atoms in total.